The number of rotatable bonds is 54. The number of allylic oxidation sites excluding steroid dienone is 22. The van der Waals surface area contributed by atoms with Gasteiger partial charge in [-0.2, -0.15) is 0 Å². The quantitative estimate of drug-likeness (QED) is 0.0261. The van der Waals surface area contributed by atoms with E-state index in [-0.39, 0.29) is 37.5 Å². The molecule has 0 N–H and O–H groups in total. The Morgan fingerprint density at radius 1 is 0.280 bits per heavy atom. The van der Waals surface area contributed by atoms with Gasteiger partial charge in [0.2, 0.25) is 0 Å². The Balaban J connectivity index is 4.49. The standard InChI is InChI=1S/C69H112O6/c1-4-7-10-13-16-19-22-25-28-31-32-33-34-35-36-39-41-44-47-50-53-56-59-62-68(71)74-65-66(75-69(72)63-60-57-54-51-48-45-42-38-30-27-24-21-18-15-12-9-6-3)64-73-67(70)61-58-55-52-49-46-43-40-37-29-26-23-20-17-14-11-8-5-2/h7,9-10,12,16,18-19,21,25-30,32-33,35-36,41-42,44-45,66H,4-6,8,11,13-15,17,20,22-24,31,34,37-40,43,46-65H2,1-3H3/b10-7-,12-9-,19-16-,21-18-,28-25-,29-26-,30-27-,33-32-,36-35-,44-41-,45-42-. The Bertz CT molecular complexity index is 1620. The maximum Gasteiger partial charge on any atom is 0.306 e. The topological polar surface area (TPSA) is 78.9 Å². The molecule has 0 rings (SSSR count). The van der Waals surface area contributed by atoms with Crippen LogP contribution in [0.25, 0.3) is 0 Å². The summed E-state index contributed by atoms with van der Waals surface area (Å²) in [6, 6.07) is 0. The van der Waals surface area contributed by atoms with Crippen molar-refractivity contribution < 1.29 is 28.6 Å². The van der Waals surface area contributed by atoms with E-state index in [1.807, 2.05) is 0 Å². The molecule has 1 unspecified atom stereocenters. The molecule has 1 atom stereocenters. The largest absolute Gasteiger partial charge is 0.462 e. The molecule has 6 nitrogen and oxygen atoms in total. The zero-order valence-corrected chi connectivity index (χ0v) is 48.5. The molecule has 0 amide bonds. The average Bonchev–Trinajstić information content (AvgIpc) is 3.41. The summed E-state index contributed by atoms with van der Waals surface area (Å²) in [5.41, 5.74) is 0. The van der Waals surface area contributed by atoms with Crippen LogP contribution in [0.3, 0.4) is 0 Å². The van der Waals surface area contributed by atoms with Crippen molar-refractivity contribution in [3.8, 4) is 0 Å². The molecule has 0 saturated heterocycles. The first-order chi connectivity index (χ1) is 37.0. The monoisotopic (exact) mass is 1040 g/mol. The van der Waals surface area contributed by atoms with Crippen LogP contribution in [0.4, 0.5) is 0 Å². The molecule has 6 heteroatoms. The summed E-state index contributed by atoms with van der Waals surface area (Å²) in [4.78, 5) is 38.3. The van der Waals surface area contributed by atoms with Gasteiger partial charge in [-0.15, -0.1) is 0 Å². The van der Waals surface area contributed by atoms with E-state index in [4.69, 9.17) is 14.2 Å². The third-order valence-corrected chi connectivity index (χ3v) is 12.6. The predicted octanol–water partition coefficient (Wildman–Crippen LogP) is 21.0. The van der Waals surface area contributed by atoms with Crippen LogP contribution in [0.1, 0.15) is 265 Å². The second kappa shape index (κ2) is 62.1. The van der Waals surface area contributed by atoms with Crippen LogP contribution in [-0.2, 0) is 28.6 Å². The molecule has 0 fully saturated rings. The molecular weight excluding hydrogens is 925 g/mol. The van der Waals surface area contributed by atoms with Gasteiger partial charge in [0, 0.05) is 19.3 Å². The highest BCUT2D eigenvalue weighted by molar-refractivity contribution is 5.71. The van der Waals surface area contributed by atoms with Crippen LogP contribution >= 0.6 is 0 Å². The minimum absolute atomic E-state index is 0.102. The molecule has 0 aliphatic carbocycles. The number of esters is 3. The van der Waals surface area contributed by atoms with Gasteiger partial charge in [-0.05, 0) is 135 Å². The highest BCUT2D eigenvalue weighted by atomic mass is 16.6. The molecule has 0 aliphatic rings. The number of hydrogen-bond acceptors (Lipinski definition) is 6. The van der Waals surface area contributed by atoms with Crippen molar-refractivity contribution in [3.63, 3.8) is 0 Å². The molecule has 0 aliphatic heterocycles. The second-order valence-corrected chi connectivity index (χ2v) is 19.8. The summed E-state index contributed by atoms with van der Waals surface area (Å²) < 4.78 is 16.9. The van der Waals surface area contributed by atoms with Gasteiger partial charge in [0.1, 0.15) is 13.2 Å². The van der Waals surface area contributed by atoms with Crippen LogP contribution in [0.5, 0.6) is 0 Å². The highest BCUT2D eigenvalue weighted by Crippen LogP contribution is 2.14. The molecule has 0 bridgehead atoms. The summed E-state index contributed by atoms with van der Waals surface area (Å²) in [6.07, 6.45) is 87.3. The number of unbranched alkanes of at least 4 members (excludes halogenated alkanes) is 21. The highest BCUT2D eigenvalue weighted by Gasteiger charge is 2.19. The summed E-state index contributed by atoms with van der Waals surface area (Å²) in [5.74, 6) is -0.956. The summed E-state index contributed by atoms with van der Waals surface area (Å²) in [7, 11) is 0. The number of carbonyl (C=O) groups excluding carboxylic acids is 3. The zero-order valence-electron chi connectivity index (χ0n) is 48.5. The first-order valence-electron chi connectivity index (χ1n) is 30.7. The lowest BCUT2D eigenvalue weighted by Crippen LogP contribution is -2.30. The van der Waals surface area contributed by atoms with E-state index in [1.54, 1.807) is 0 Å². The fourth-order valence-corrected chi connectivity index (χ4v) is 8.08. The van der Waals surface area contributed by atoms with Gasteiger partial charge in [-0.3, -0.25) is 14.4 Å². The minimum Gasteiger partial charge on any atom is -0.462 e. The second-order valence-electron chi connectivity index (χ2n) is 19.8. The van der Waals surface area contributed by atoms with E-state index >= 15 is 0 Å². The third-order valence-electron chi connectivity index (χ3n) is 12.6. The van der Waals surface area contributed by atoms with E-state index in [0.29, 0.717) is 12.8 Å². The Hall–Kier alpha value is -4.45. The minimum atomic E-state index is -0.810. The van der Waals surface area contributed by atoms with Crippen molar-refractivity contribution >= 4 is 17.9 Å². The zero-order chi connectivity index (χ0) is 54.3. The Kier molecular flexibility index (Phi) is 58.4. The molecule has 0 saturated carbocycles. The lowest BCUT2D eigenvalue weighted by Gasteiger charge is -2.18. The van der Waals surface area contributed by atoms with Crippen LogP contribution in [-0.4, -0.2) is 37.2 Å². The van der Waals surface area contributed by atoms with Gasteiger partial charge in [-0.25, -0.2) is 0 Å². The van der Waals surface area contributed by atoms with E-state index in [0.717, 1.165) is 148 Å². The van der Waals surface area contributed by atoms with Crippen molar-refractivity contribution in [2.24, 2.45) is 0 Å². The Morgan fingerprint density at radius 2 is 0.520 bits per heavy atom. The average molecular weight is 1040 g/mol. The summed E-state index contributed by atoms with van der Waals surface area (Å²) >= 11 is 0. The predicted molar refractivity (Wildman–Crippen MR) is 325 cm³/mol. The van der Waals surface area contributed by atoms with Crippen molar-refractivity contribution in [1.29, 1.82) is 0 Å². The molecule has 0 aromatic carbocycles. The first-order valence-corrected chi connectivity index (χ1v) is 30.7. The van der Waals surface area contributed by atoms with Crippen LogP contribution < -0.4 is 0 Å². The van der Waals surface area contributed by atoms with Crippen LogP contribution in [0, 0.1) is 0 Å². The van der Waals surface area contributed by atoms with Gasteiger partial charge >= 0.3 is 17.9 Å². The van der Waals surface area contributed by atoms with E-state index < -0.39 is 6.10 Å². The van der Waals surface area contributed by atoms with Crippen molar-refractivity contribution in [2.75, 3.05) is 13.2 Å². The smallest absolute Gasteiger partial charge is 0.306 e. The molecule has 0 aromatic heterocycles. The molecule has 0 spiro atoms. The SMILES string of the molecule is CC/C=C\C/C=C\C/C=C\C/C=C\C/C=C\C/C=C\CCCCCCC(=O)OCC(COC(=O)CCCCCCCCC/C=C\CCCCCCCC)OC(=O)CCCCCC/C=C\C/C=C\C/C=C\C/C=C\CC. The van der Waals surface area contributed by atoms with E-state index in [9.17, 15) is 14.4 Å². The van der Waals surface area contributed by atoms with Gasteiger partial charge in [0.05, 0.1) is 0 Å². The Morgan fingerprint density at radius 3 is 0.827 bits per heavy atom. The van der Waals surface area contributed by atoms with Gasteiger partial charge in [-0.1, -0.05) is 244 Å². The Labute approximate surface area is 462 Å². The molecule has 0 aromatic rings. The van der Waals surface area contributed by atoms with E-state index in [2.05, 4.69) is 154 Å². The van der Waals surface area contributed by atoms with Gasteiger partial charge < -0.3 is 14.2 Å². The van der Waals surface area contributed by atoms with Gasteiger partial charge in [0.25, 0.3) is 0 Å². The maximum absolute atomic E-state index is 12.9. The van der Waals surface area contributed by atoms with E-state index in [1.165, 1.54) is 77.0 Å². The normalized spacial score (nSPS) is 13.1. The van der Waals surface area contributed by atoms with Crippen molar-refractivity contribution in [1.82, 2.24) is 0 Å². The summed E-state index contributed by atoms with van der Waals surface area (Å²) in [5, 5.41) is 0. The number of carbonyl (C=O) groups is 3. The fourth-order valence-electron chi connectivity index (χ4n) is 8.08. The van der Waals surface area contributed by atoms with Crippen LogP contribution in [0.15, 0.2) is 134 Å². The number of hydrogen-bond donors (Lipinski definition) is 0. The first kappa shape index (κ1) is 70.5. The van der Waals surface area contributed by atoms with Gasteiger partial charge in [0.15, 0.2) is 6.10 Å². The number of ether oxygens (including phenoxy) is 3. The molecule has 75 heavy (non-hydrogen) atoms. The molecular formula is C69H112O6. The lowest BCUT2D eigenvalue weighted by molar-refractivity contribution is -0.167. The molecule has 424 valence electrons. The molecule has 0 heterocycles. The lowest BCUT2D eigenvalue weighted by atomic mass is 10.1. The van der Waals surface area contributed by atoms with Crippen molar-refractivity contribution in [2.45, 2.75) is 271 Å². The van der Waals surface area contributed by atoms with Crippen LogP contribution in [0.2, 0.25) is 0 Å². The maximum atomic E-state index is 12.9. The third kappa shape index (κ3) is 60.3. The molecule has 0 radical (unpaired) electrons. The summed E-state index contributed by atoms with van der Waals surface area (Å²) in [6.45, 7) is 6.37. The van der Waals surface area contributed by atoms with Crippen molar-refractivity contribution in [3.05, 3.63) is 134 Å². The fraction of sp³-hybridized carbons (Fsp3) is 0.638.